The number of amides is 1. The summed E-state index contributed by atoms with van der Waals surface area (Å²) in [4.78, 5) is 47.8. The Bertz CT molecular complexity index is 2080. The number of carbonyl (C=O) groups excluding carboxylic acids is 2. The third kappa shape index (κ3) is 7.13. The van der Waals surface area contributed by atoms with E-state index >= 15 is 0 Å². The Kier molecular flexibility index (Phi) is 10.5. The Balaban J connectivity index is 1.49. The van der Waals surface area contributed by atoms with Crippen LogP contribution in [-0.2, 0) is 14.3 Å². The number of benzene rings is 3. The Hall–Kier alpha value is -4.87. The lowest BCUT2D eigenvalue weighted by Crippen LogP contribution is -2.40. The Morgan fingerprint density at radius 2 is 1.71 bits per heavy atom. The van der Waals surface area contributed by atoms with Gasteiger partial charge in [0.2, 0.25) is 0 Å². The van der Waals surface area contributed by atoms with Gasteiger partial charge >= 0.3 is 5.97 Å². The zero-order valence-corrected chi connectivity index (χ0v) is 29.0. The number of likely N-dealkylation sites (tertiary alicyclic amines) is 1. The highest BCUT2D eigenvalue weighted by atomic mass is 35.5. The van der Waals surface area contributed by atoms with E-state index in [1.54, 1.807) is 54.3 Å². The molecule has 1 saturated heterocycles. The van der Waals surface area contributed by atoms with Crippen LogP contribution in [0.2, 0.25) is 5.02 Å². The van der Waals surface area contributed by atoms with Crippen LogP contribution in [0.5, 0.6) is 17.2 Å². The van der Waals surface area contributed by atoms with Gasteiger partial charge in [0.25, 0.3) is 11.5 Å². The molecule has 0 saturated carbocycles. The van der Waals surface area contributed by atoms with Gasteiger partial charge < -0.3 is 23.8 Å². The van der Waals surface area contributed by atoms with Crippen molar-refractivity contribution in [3.8, 4) is 17.2 Å². The third-order valence-electron chi connectivity index (χ3n) is 8.24. The summed E-state index contributed by atoms with van der Waals surface area (Å²) in [6, 6.07) is 18.7. The standard InChI is InChI=1S/C37H36ClN3O7S/c1-4-46-29-19-23(13-15-28(29)48-22-31(42)40-17-9-10-18-40)20-30-35(43)41-34(26-21-25(38)14-16-27(26)45-3)32(36(44)47-5-2)33(39-37(41)49-30)24-11-7-6-8-12-24/h6-8,11-16,19-21,34H,4-5,9-10,17-18,22H2,1-3H3/b30-20-/t34-/m1/s1. The second-order valence-electron chi connectivity index (χ2n) is 11.3. The zero-order valence-electron chi connectivity index (χ0n) is 27.4. The van der Waals surface area contributed by atoms with Gasteiger partial charge in [0, 0.05) is 29.2 Å². The summed E-state index contributed by atoms with van der Waals surface area (Å²) in [6.45, 7) is 5.50. The summed E-state index contributed by atoms with van der Waals surface area (Å²) in [5, 5.41) is 0.410. The van der Waals surface area contributed by atoms with Crippen molar-refractivity contribution in [3.05, 3.63) is 114 Å². The quantitative estimate of drug-likeness (QED) is 0.203. The predicted molar refractivity (Wildman–Crippen MR) is 188 cm³/mol. The molecule has 10 nitrogen and oxygen atoms in total. The van der Waals surface area contributed by atoms with Crippen molar-refractivity contribution in [1.82, 2.24) is 9.47 Å². The SMILES string of the molecule is CCOC(=O)C1=C(c2ccccc2)N=c2s/c(=C\c3ccc(OCC(=O)N4CCCC4)c(OCC)c3)c(=O)n2[C@@H]1c1cc(Cl)ccc1OC. The first-order chi connectivity index (χ1) is 23.8. The molecule has 0 spiro atoms. The van der Waals surface area contributed by atoms with Crippen molar-refractivity contribution < 1.29 is 28.5 Å². The molecule has 1 atom stereocenters. The van der Waals surface area contributed by atoms with Crippen molar-refractivity contribution in [2.45, 2.75) is 32.7 Å². The smallest absolute Gasteiger partial charge is 0.338 e. The number of hydrogen-bond donors (Lipinski definition) is 0. The van der Waals surface area contributed by atoms with E-state index in [0.717, 1.165) is 25.9 Å². The molecule has 2 aliphatic heterocycles. The molecule has 0 unspecified atom stereocenters. The number of fused-ring (bicyclic) bond motifs is 1. The molecule has 1 aromatic heterocycles. The van der Waals surface area contributed by atoms with E-state index in [4.69, 9.17) is 35.5 Å². The lowest BCUT2D eigenvalue weighted by molar-refractivity contribution is -0.139. The van der Waals surface area contributed by atoms with Gasteiger partial charge in [-0.25, -0.2) is 9.79 Å². The van der Waals surface area contributed by atoms with Crippen LogP contribution in [0.15, 0.2) is 82.1 Å². The Morgan fingerprint density at radius 1 is 0.959 bits per heavy atom. The van der Waals surface area contributed by atoms with Gasteiger partial charge in [0.15, 0.2) is 22.9 Å². The van der Waals surface area contributed by atoms with E-state index in [1.165, 1.54) is 23.0 Å². The number of rotatable bonds is 11. The van der Waals surface area contributed by atoms with E-state index in [1.807, 2.05) is 37.3 Å². The monoisotopic (exact) mass is 701 g/mol. The molecule has 3 aromatic carbocycles. The first kappa shape index (κ1) is 34.0. The molecule has 0 radical (unpaired) electrons. The summed E-state index contributed by atoms with van der Waals surface area (Å²) in [5.74, 6) is 0.670. The van der Waals surface area contributed by atoms with Crippen LogP contribution in [0.25, 0.3) is 11.8 Å². The number of esters is 1. The maximum absolute atomic E-state index is 14.4. The van der Waals surface area contributed by atoms with E-state index in [-0.39, 0.29) is 30.3 Å². The van der Waals surface area contributed by atoms with E-state index in [2.05, 4.69) is 0 Å². The second kappa shape index (κ2) is 15.1. The van der Waals surface area contributed by atoms with E-state index in [9.17, 15) is 14.4 Å². The van der Waals surface area contributed by atoms with Crippen LogP contribution in [0.3, 0.4) is 0 Å². The molecule has 254 valence electrons. The molecule has 1 fully saturated rings. The molecule has 4 aromatic rings. The number of hydrogen-bond acceptors (Lipinski definition) is 9. The van der Waals surface area contributed by atoms with Gasteiger partial charge in [-0.2, -0.15) is 0 Å². The number of aromatic nitrogens is 1. The third-order valence-corrected chi connectivity index (χ3v) is 9.45. The molecule has 2 aliphatic rings. The summed E-state index contributed by atoms with van der Waals surface area (Å²) in [7, 11) is 1.52. The normalized spacial score (nSPS) is 15.9. The van der Waals surface area contributed by atoms with Gasteiger partial charge in [0.05, 0.1) is 36.1 Å². The maximum atomic E-state index is 14.4. The minimum absolute atomic E-state index is 0.0620. The number of ether oxygens (including phenoxy) is 4. The topological polar surface area (TPSA) is 109 Å². The molecule has 49 heavy (non-hydrogen) atoms. The molecule has 3 heterocycles. The van der Waals surface area contributed by atoms with Gasteiger partial charge in [0.1, 0.15) is 11.8 Å². The summed E-state index contributed by atoms with van der Waals surface area (Å²) >= 11 is 7.69. The second-order valence-corrected chi connectivity index (χ2v) is 12.8. The number of nitrogens with zero attached hydrogens (tertiary/aromatic N) is 3. The van der Waals surface area contributed by atoms with Gasteiger partial charge in [-0.1, -0.05) is 59.3 Å². The predicted octanol–water partition coefficient (Wildman–Crippen LogP) is 5.00. The van der Waals surface area contributed by atoms with Crippen molar-refractivity contribution in [3.63, 3.8) is 0 Å². The molecule has 0 aliphatic carbocycles. The number of halogens is 1. The lowest BCUT2D eigenvalue weighted by atomic mass is 9.92. The molecule has 12 heteroatoms. The summed E-state index contributed by atoms with van der Waals surface area (Å²) in [5.41, 5.74) is 2.10. The van der Waals surface area contributed by atoms with Crippen LogP contribution in [0.4, 0.5) is 0 Å². The minimum Gasteiger partial charge on any atom is -0.496 e. The molecule has 1 amide bonds. The summed E-state index contributed by atoms with van der Waals surface area (Å²) < 4.78 is 24.9. The number of methoxy groups -OCH3 is 1. The molecule has 0 N–H and O–H groups in total. The molecule has 6 rings (SSSR count). The Labute approximate surface area is 292 Å². The number of carbonyl (C=O) groups is 2. The lowest BCUT2D eigenvalue weighted by Gasteiger charge is -2.27. The van der Waals surface area contributed by atoms with Crippen molar-refractivity contribution >= 4 is 46.6 Å². The van der Waals surface area contributed by atoms with Crippen LogP contribution >= 0.6 is 22.9 Å². The molecular weight excluding hydrogens is 666 g/mol. The highest BCUT2D eigenvalue weighted by Gasteiger charge is 2.37. The summed E-state index contributed by atoms with van der Waals surface area (Å²) in [6.07, 6.45) is 3.75. The first-order valence-electron chi connectivity index (χ1n) is 16.1. The fraction of sp³-hybridized carbons (Fsp3) is 0.297. The van der Waals surface area contributed by atoms with Crippen LogP contribution < -0.4 is 29.1 Å². The first-order valence-corrected chi connectivity index (χ1v) is 17.3. The largest absolute Gasteiger partial charge is 0.496 e. The van der Waals surface area contributed by atoms with Crippen molar-refractivity contribution in [1.29, 1.82) is 0 Å². The van der Waals surface area contributed by atoms with E-state index in [0.29, 0.717) is 60.6 Å². The van der Waals surface area contributed by atoms with Gasteiger partial charge in [-0.3, -0.25) is 14.2 Å². The van der Waals surface area contributed by atoms with Gasteiger partial charge in [-0.05, 0) is 68.7 Å². The highest BCUT2D eigenvalue weighted by Crippen LogP contribution is 2.40. The van der Waals surface area contributed by atoms with Gasteiger partial charge in [-0.15, -0.1) is 0 Å². The number of thiazole rings is 1. The fourth-order valence-electron chi connectivity index (χ4n) is 6.00. The Morgan fingerprint density at radius 3 is 2.43 bits per heavy atom. The molecule has 0 bridgehead atoms. The highest BCUT2D eigenvalue weighted by molar-refractivity contribution is 7.07. The fourth-order valence-corrected chi connectivity index (χ4v) is 7.19. The average molecular weight is 702 g/mol. The van der Waals surface area contributed by atoms with Crippen LogP contribution in [0, 0.1) is 0 Å². The van der Waals surface area contributed by atoms with E-state index < -0.39 is 12.0 Å². The maximum Gasteiger partial charge on any atom is 0.338 e. The van der Waals surface area contributed by atoms with Crippen molar-refractivity contribution in [2.75, 3.05) is 40.0 Å². The zero-order chi connectivity index (χ0) is 34.5. The van der Waals surface area contributed by atoms with Crippen LogP contribution in [-0.4, -0.2) is 61.4 Å². The minimum atomic E-state index is -0.954. The molecular formula is C37H36ClN3O7S. The average Bonchev–Trinajstić information content (AvgIpc) is 3.76. The van der Waals surface area contributed by atoms with Crippen LogP contribution in [0.1, 0.15) is 49.4 Å². The van der Waals surface area contributed by atoms with Crippen molar-refractivity contribution in [2.24, 2.45) is 4.99 Å².